The molecule has 0 fully saturated rings. The van der Waals surface area contributed by atoms with E-state index in [9.17, 15) is 4.21 Å². The van der Waals surface area contributed by atoms with Crippen LogP contribution in [0.15, 0.2) is 18.2 Å². The zero-order chi connectivity index (χ0) is 15.7. The monoisotopic (exact) mass is 311 g/mol. The summed E-state index contributed by atoms with van der Waals surface area (Å²) in [6.07, 6.45) is 3.36. The largest absolute Gasteiger partial charge is 0.494 e. The highest BCUT2D eigenvalue weighted by Crippen LogP contribution is 2.25. The van der Waals surface area contributed by atoms with E-state index >= 15 is 0 Å². The van der Waals surface area contributed by atoms with Gasteiger partial charge in [0.15, 0.2) is 0 Å². The molecule has 120 valence electrons. The van der Waals surface area contributed by atoms with Crippen LogP contribution in [-0.4, -0.2) is 23.6 Å². The smallest absolute Gasteiger partial charge is 0.123 e. The molecule has 0 aliphatic heterocycles. The van der Waals surface area contributed by atoms with Crippen molar-refractivity contribution in [1.82, 2.24) is 5.32 Å². The molecule has 1 N–H and O–H groups in total. The Labute approximate surface area is 131 Å². The molecule has 0 heterocycles. The molecular weight excluding hydrogens is 282 g/mol. The predicted molar refractivity (Wildman–Crippen MR) is 91.3 cm³/mol. The number of ether oxygens (including phenoxy) is 1. The zero-order valence-electron chi connectivity index (χ0n) is 13.8. The van der Waals surface area contributed by atoms with E-state index < -0.39 is 10.8 Å². The van der Waals surface area contributed by atoms with Crippen molar-refractivity contribution in [3.05, 3.63) is 29.3 Å². The Morgan fingerprint density at radius 2 is 2.05 bits per heavy atom. The lowest BCUT2D eigenvalue weighted by Crippen LogP contribution is -2.13. The Balaban J connectivity index is 2.82. The number of hydrogen-bond donors (Lipinski definition) is 1. The second kappa shape index (κ2) is 9.96. The first-order valence-corrected chi connectivity index (χ1v) is 9.39. The molecule has 21 heavy (non-hydrogen) atoms. The van der Waals surface area contributed by atoms with Gasteiger partial charge < -0.3 is 10.1 Å². The minimum atomic E-state index is -0.810. The van der Waals surface area contributed by atoms with Gasteiger partial charge in [-0.25, -0.2) is 0 Å². The molecule has 1 aromatic rings. The number of hydrogen-bond acceptors (Lipinski definition) is 3. The van der Waals surface area contributed by atoms with E-state index in [2.05, 4.69) is 31.3 Å². The highest BCUT2D eigenvalue weighted by molar-refractivity contribution is 7.84. The molecular formula is C17H29NO2S. The van der Waals surface area contributed by atoms with Gasteiger partial charge in [-0.05, 0) is 45.0 Å². The van der Waals surface area contributed by atoms with Crippen molar-refractivity contribution >= 4 is 10.8 Å². The molecule has 0 radical (unpaired) electrons. The molecule has 0 amide bonds. The number of unbranched alkanes of at least 4 members (excludes halogenated alkanes) is 2. The van der Waals surface area contributed by atoms with Crippen LogP contribution in [0.1, 0.15) is 57.2 Å². The molecule has 0 aliphatic rings. The van der Waals surface area contributed by atoms with Gasteiger partial charge in [-0.15, -0.1) is 0 Å². The highest BCUT2D eigenvalue weighted by atomic mass is 32.2. The van der Waals surface area contributed by atoms with Crippen molar-refractivity contribution in [2.45, 2.75) is 51.8 Å². The summed E-state index contributed by atoms with van der Waals surface area (Å²) in [4.78, 5) is 0. The molecule has 0 aromatic heterocycles. The van der Waals surface area contributed by atoms with Gasteiger partial charge in [0.1, 0.15) is 5.75 Å². The van der Waals surface area contributed by atoms with Crippen molar-refractivity contribution in [2.24, 2.45) is 0 Å². The molecule has 4 heteroatoms. The summed E-state index contributed by atoms with van der Waals surface area (Å²) >= 11 is 0. The second-order valence-corrected chi connectivity index (χ2v) is 6.88. The van der Waals surface area contributed by atoms with E-state index in [4.69, 9.17) is 4.74 Å². The lowest BCUT2D eigenvalue weighted by atomic mass is 10.1. The maximum absolute atomic E-state index is 12.2. The minimum Gasteiger partial charge on any atom is -0.494 e. The second-order valence-electron chi connectivity index (χ2n) is 5.31. The van der Waals surface area contributed by atoms with E-state index in [-0.39, 0.29) is 6.04 Å². The summed E-state index contributed by atoms with van der Waals surface area (Å²) in [7, 11) is 1.14. The third-order valence-corrected chi connectivity index (χ3v) is 4.99. The van der Waals surface area contributed by atoms with Crippen LogP contribution in [0, 0.1) is 0 Å². The first kappa shape index (κ1) is 18.2. The number of nitrogens with one attached hydrogen (secondary N) is 1. The SMILES string of the molecule is CCCCCS(=O)Cc1cc(C(C)NC)ccc1OCC. The van der Waals surface area contributed by atoms with Crippen LogP contribution in [0.5, 0.6) is 5.75 Å². The molecule has 2 atom stereocenters. The van der Waals surface area contributed by atoms with Crippen molar-refractivity contribution in [3.8, 4) is 5.75 Å². The van der Waals surface area contributed by atoms with Gasteiger partial charge >= 0.3 is 0 Å². The first-order valence-electron chi connectivity index (χ1n) is 7.90. The average molecular weight is 311 g/mol. The van der Waals surface area contributed by atoms with E-state index in [1.54, 1.807) is 0 Å². The molecule has 2 unspecified atom stereocenters. The summed E-state index contributed by atoms with van der Waals surface area (Å²) in [6.45, 7) is 6.90. The Morgan fingerprint density at radius 3 is 2.67 bits per heavy atom. The number of benzene rings is 1. The van der Waals surface area contributed by atoms with Crippen molar-refractivity contribution in [3.63, 3.8) is 0 Å². The van der Waals surface area contributed by atoms with Crippen LogP contribution in [0.4, 0.5) is 0 Å². The fraction of sp³-hybridized carbons (Fsp3) is 0.647. The lowest BCUT2D eigenvalue weighted by Gasteiger charge is -2.15. The van der Waals surface area contributed by atoms with Gasteiger partial charge in [0, 0.05) is 28.2 Å². The quantitative estimate of drug-likeness (QED) is 0.668. The van der Waals surface area contributed by atoms with E-state index in [1.165, 1.54) is 5.56 Å². The van der Waals surface area contributed by atoms with Gasteiger partial charge in [-0.1, -0.05) is 25.8 Å². The third kappa shape index (κ3) is 6.18. The van der Waals surface area contributed by atoms with Crippen molar-refractivity contribution < 1.29 is 8.95 Å². The minimum absolute atomic E-state index is 0.285. The maximum atomic E-state index is 12.2. The third-order valence-electron chi connectivity index (χ3n) is 3.61. The zero-order valence-corrected chi connectivity index (χ0v) is 14.6. The predicted octanol–water partition coefficient (Wildman–Crippen LogP) is 3.80. The fourth-order valence-corrected chi connectivity index (χ4v) is 3.45. The topological polar surface area (TPSA) is 38.3 Å². The summed E-state index contributed by atoms with van der Waals surface area (Å²) in [5.41, 5.74) is 2.27. The first-order chi connectivity index (χ1) is 10.1. The van der Waals surface area contributed by atoms with Crippen LogP contribution in [0.25, 0.3) is 0 Å². The van der Waals surface area contributed by atoms with Gasteiger partial charge in [-0.2, -0.15) is 0 Å². The van der Waals surface area contributed by atoms with Gasteiger partial charge in [0.25, 0.3) is 0 Å². The normalized spacial score (nSPS) is 13.9. The van der Waals surface area contributed by atoms with E-state index in [0.29, 0.717) is 12.4 Å². The molecule has 0 bridgehead atoms. The molecule has 0 saturated heterocycles. The van der Waals surface area contributed by atoms with Crippen LogP contribution in [0.3, 0.4) is 0 Å². The molecule has 1 rings (SSSR count). The molecule has 1 aromatic carbocycles. The van der Waals surface area contributed by atoms with Crippen LogP contribution in [0.2, 0.25) is 0 Å². The summed E-state index contributed by atoms with van der Waals surface area (Å²) < 4.78 is 17.9. The molecule has 0 saturated carbocycles. The van der Waals surface area contributed by atoms with E-state index in [0.717, 1.165) is 36.3 Å². The summed E-state index contributed by atoms with van der Waals surface area (Å²) in [5.74, 6) is 2.24. The Kier molecular flexibility index (Phi) is 8.62. The van der Waals surface area contributed by atoms with Crippen LogP contribution < -0.4 is 10.1 Å². The van der Waals surface area contributed by atoms with Crippen LogP contribution >= 0.6 is 0 Å². The molecule has 0 aliphatic carbocycles. The lowest BCUT2D eigenvalue weighted by molar-refractivity contribution is 0.337. The summed E-state index contributed by atoms with van der Waals surface area (Å²) in [5, 5.41) is 3.24. The Hall–Kier alpha value is -0.870. The van der Waals surface area contributed by atoms with Crippen LogP contribution in [-0.2, 0) is 16.6 Å². The Bertz CT molecular complexity index is 448. The van der Waals surface area contributed by atoms with Crippen molar-refractivity contribution in [1.29, 1.82) is 0 Å². The Morgan fingerprint density at radius 1 is 1.29 bits per heavy atom. The summed E-state index contributed by atoms with van der Waals surface area (Å²) in [6, 6.07) is 6.50. The van der Waals surface area contributed by atoms with Gasteiger partial charge in [-0.3, -0.25) is 4.21 Å². The van der Waals surface area contributed by atoms with Crippen molar-refractivity contribution in [2.75, 3.05) is 19.4 Å². The fourth-order valence-electron chi connectivity index (χ4n) is 2.20. The van der Waals surface area contributed by atoms with Gasteiger partial charge in [0.2, 0.25) is 0 Å². The maximum Gasteiger partial charge on any atom is 0.123 e. The number of rotatable bonds is 10. The standard InChI is InChI=1S/C17H29NO2S/c1-5-7-8-11-21(19)13-16-12-15(14(3)18-4)9-10-17(16)20-6-2/h9-10,12,14,18H,5-8,11,13H2,1-4H3. The molecule has 3 nitrogen and oxygen atoms in total. The average Bonchev–Trinajstić information content (AvgIpc) is 2.48. The molecule has 0 spiro atoms. The highest BCUT2D eigenvalue weighted by Gasteiger charge is 2.11. The van der Waals surface area contributed by atoms with E-state index in [1.807, 2.05) is 20.0 Å². The van der Waals surface area contributed by atoms with Gasteiger partial charge in [0.05, 0.1) is 12.4 Å².